The fraction of sp³-hybridized carbons (Fsp3) is 0. The van der Waals surface area contributed by atoms with Gasteiger partial charge in [-0.05, 0) is 57.1 Å². The molecule has 0 fully saturated rings. The van der Waals surface area contributed by atoms with Crippen molar-refractivity contribution in [1.82, 2.24) is 0 Å². The lowest BCUT2D eigenvalue weighted by Gasteiger charge is -2.07. The van der Waals surface area contributed by atoms with E-state index in [-0.39, 0.29) is 0 Å². The highest BCUT2D eigenvalue weighted by molar-refractivity contribution is 7.27. The zero-order valence-electron chi connectivity index (χ0n) is 16.2. The Morgan fingerprint density at radius 1 is 0.433 bits per heavy atom. The molecule has 6 aromatic rings. The van der Waals surface area contributed by atoms with E-state index in [4.69, 9.17) is 0 Å². The smallest absolute Gasteiger partial charge is 0.0455 e. The third-order valence-electron chi connectivity index (χ3n) is 5.54. The SMILES string of the molecule is c1ccc2sc(-c3ccc(-c4ccc(-c5cccc6ccccc56)cc4)s3)cc2c1. The molecule has 2 aromatic heterocycles. The molecule has 4 aromatic carbocycles. The van der Waals surface area contributed by atoms with Crippen LogP contribution in [-0.4, -0.2) is 0 Å². The molecule has 0 nitrogen and oxygen atoms in total. The van der Waals surface area contributed by atoms with Crippen LogP contribution in [0.1, 0.15) is 0 Å². The van der Waals surface area contributed by atoms with E-state index in [1.54, 1.807) is 0 Å². The van der Waals surface area contributed by atoms with Gasteiger partial charge < -0.3 is 0 Å². The average molecular weight is 419 g/mol. The van der Waals surface area contributed by atoms with Crippen molar-refractivity contribution in [3.8, 4) is 31.3 Å². The van der Waals surface area contributed by atoms with Gasteiger partial charge in [-0.3, -0.25) is 0 Å². The highest BCUT2D eigenvalue weighted by Crippen LogP contribution is 2.40. The Hall–Kier alpha value is -3.20. The average Bonchev–Trinajstić information content (AvgIpc) is 3.46. The van der Waals surface area contributed by atoms with Gasteiger partial charge in [0.2, 0.25) is 0 Å². The molecule has 0 unspecified atom stereocenters. The van der Waals surface area contributed by atoms with Crippen molar-refractivity contribution in [3.63, 3.8) is 0 Å². The maximum Gasteiger partial charge on any atom is 0.0455 e. The number of benzene rings is 4. The molecule has 0 aliphatic heterocycles. The quantitative estimate of drug-likeness (QED) is 0.269. The van der Waals surface area contributed by atoms with Crippen LogP contribution in [0.15, 0.2) is 109 Å². The zero-order valence-corrected chi connectivity index (χ0v) is 17.8. The Bertz CT molecular complexity index is 1440. The Kier molecular flexibility index (Phi) is 4.26. The van der Waals surface area contributed by atoms with Crippen LogP contribution in [0.25, 0.3) is 52.2 Å². The van der Waals surface area contributed by atoms with Crippen LogP contribution in [0.4, 0.5) is 0 Å². The van der Waals surface area contributed by atoms with Gasteiger partial charge in [0.25, 0.3) is 0 Å². The summed E-state index contributed by atoms with van der Waals surface area (Å²) in [6.45, 7) is 0. The van der Waals surface area contributed by atoms with E-state index < -0.39 is 0 Å². The van der Waals surface area contributed by atoms with Crippen molar-refractivity contribution < 1.29 is 0 Å². The molecule has 6 rings (SSSR count). The van der Waals surface area contributed by atoms with Gasteiger partial charge in [-0.25, -0.2) is 0 Å². The molecule has 30 heavy (non-hydrogen) atoms. The van der Waals surface area contributed by atoms with Gasteiger partial charge >= 0.3 is 0 Å². The number of thiophene rings is 2. The molecular weight excluding hydrogens is 400 g/mol. The van der Waals surface area contributed by atoms with Crippen LogP contribution in [-0.2, 0) is 0 Å². The molecule has 0 aliphatic carbocycles. The maximum absolute atomic E-state index is 2.30. The summed E-state index contributed by atoms with van der Waals surface area (Å²) in [7, 11) is 0. The summed E-state index contributed by atoms with van der Waals surface area (Å²) in [6.07, 6.45) is 0. The molecule has 0 spiro atoms. The van der Waals surface area contributed by atoms with Crippen molar-refractivity contribution in [2.24, 2.45) is 0 Å². The number of hydrogen-bond donors (Lipinski definition) is 0. The summed E-state index contributed by atoms with van der Waals surface area (Å²) in [5.74, 6) is 0. The summed E-state index contributed by atoms with van der Waals surface area (Å²) in [5.41, 5.74) is 3.82. The van der Waals surface area contributed by atoms with Gasteiger partial charge in [-0.15, -0.1) is 22.7 Å². The standard InChI is InChI=1S/C28H18S2/c1-3-9-23-19(6-1)8-5-10-24(23)20-12-14-21(15-13-20)26-16-17-27(29-26)28-18-22-7-2-4-11-25(22)30-28/h1-18H. The molecule has 0 saturated carbocycles. The predicted molar refractivity (Wildman–Crippen MR) is 134 cm³/mol. The second kappa shape index (κ2) is 7.24. The van der Waals surface area contributed by atoms with E-state index in [9.17, 15) is 0 Å². The van der Waals surface area contributed by atoms with Gasteiger partial charge in [-0.2, -0.15) is 0 Å². The first-order chi connectivity index (χ1) is 14.8. The first-order valence-electron chi connectivity index (χ1n) is 10.0. The molecule has 2 heterocycles. The van der Waals surface area contributed by atoms with Crippen molar-refractivity contribution in [3.05, 3.63) is 109 Å². The van der Waals surface area contributed by atoms with Crippen molar-refractivity contribution in [2.75, 3.05) is 0 Å². The second-order valence-corrected chi connectivity index (χ2v) is 9.58. The van der Waals surface area contributed by atoms with Crippen LogP contribution in [0, 0.1) is 0 Å². The Labute approximate surface area is 183 Å². The van der Waals surface area contributed by atoms with Crippen LogP contribution in [0.5, 0.6) is 0 Å². The molecule has 142 valence electrons. The topological polar surface area (TPSA) is 0 Å². The number of fused-ring (bicyclic) bond motifs is 2. The fourth-order valence-electron chi connectivity index (χ4n) is 4.02. The maximum atomic E-state index is 2.30. The van der Waals surface area contributed by atoms with Gasteiger partial charge in [-0.1, -0.05) is 84.9 Å². The van der Waals surface area contributed by atoms with E-state index >= 15 is 0 Å². The van der Waals surface area contributed by atoms with E-state index in [1.807, 2.05) is 22.7 Å². The first-order valence-corrected chi connectivity index (χ1v) is 11.7. The first kappa shape index (κ1) is 17.6. The van der Waals surface area contributed by atoms with E-state index in [0.29, 0.717) is 0 Å². The summed E-state index contributed by atoms with van der Waals surface area (Å²) >= 11 is 3.74. The zero-order chi connectivity index (χ0) is 19.9. The van der Waals surface area contributed by atoms with E-state index in [0.717, 1.165) is 0 Å². The van der Waals surface area contributed by atoms with Crippen molar-refractivity contribution in [2.45, 2.75) is 0 Å². The van der Waals surface area contributed by atoms with Crippen LogP contribution >= 0.6 is 22.7 Å². The van der Waals surface area contributed by atoms with Gasteiger partial charge in [0.15, 0.2) is 0 Å². The molecular formula is C28H18S2. The normalized spacial score (nSPS) is 11.3. The summed E-state index contributed by atoms with van der Waals surface area (Å²) < 4.78 is 1.35. The van der Waals surface area contributed by atoms with Crippen LogP contribution in [0.2, 0.25) is 0 Å². The Morgan fingerprint density at radius 3 is 2.00 bits per heavy atom. The second-order valence-electron chi connectivity index (χ2n) is 7.42. The monoisotopic (exact) mass is 418 g/mol. The highest BCUT2D eigenvalue weighted by atomic mass is 32.1. The third-order valence-corrected chi connectivity index (χ3v) is 7.99. The molecule has 0 N–H and O–H groups in total. The Balaban J connectivity index is 1.34. The fourth-order valence-corrected chi connectivity index (χ4v) is 6.18. The van der Waals surface area contributed by atoms with Gasteiger partial charge in [0.1, 0.15) is 0 Å². The molecule has 0 radical (unpaired) electrons. The van der Waals surface area contributed by atoms with Crippen molar-refractivity contribution in [1.29, 1.82) is 0 Å². The molecule has 0 bridgehead atoms. The molecule has 0 amide bonds. The van der Waals surface area contributed by atoms with E-state index in [1.165, 1.54) is 52.2 Å². The summed E-state index contributed by atoms with van der Waals surface area (Å²) in [5, 5.41) is 3.91. The lowest BCUT2D eigenvalue weighted by molar-refractivity contribution is 1.65. The van der Waals surface area contributed by atoms with Crippen molar-refractivity contribution >= 4 is 43.5 Å². The molecule has 0 atom stereocenters. The van der Waals surface area contributed by atoms with Crippen LogP contribution in [0.3, 0.4) is 0 Å². The minimum atomic E-state index is 1.26. The largest absolute Gasteiger partial charge is 0.134 e. The predicted octanol–water partition coefficient (Wildman–Crippen LogP) is 9.12. The number of rotatable bonds is 3. The summed E-state index contributed by atoms with van der Waals surface area (Å²) in [6, 6.07) is 39.5. The minimum absolute atomic E-state index is 1.26. The minimum Gasteiger partial charge on any atom is -0.134 e. The Morgan fingerprint density at radius 2 is 1.13 bits per heavy atom. The molecule has 2 heteroatoms. The summed E-state index contributed by atoms with van der Waals surface area (Å²) in [4.78, 5) is 4.00. The molecule has 0 aliphatic rings. The lowest BCUT2D eigenvalue weighted by Crippen LogP contribution is -1.81. The highest BCUT2D eigenvalue weighted by Gasteiger charge is 2.09. The third kappa shape index (κ3) is 3.06. The number of hydrogen-bond acceptors (Lipinski definition) is 2. The van der Waals surface area contributed by atoms with Crippen LogP contribution < -0.4 is 0 Å². The van der Waals surface area contributed by atoms with E-state index in [2.05, 4.69) is 109 Å². The lowest BCUT2D eigenvalue weighted by atomic mass is 9.97. The van der Waals surface area contributed by atoms with Gasteiger partial charge in [0.05, 0.1) is 0 Å². The van der Waals surface area contributed by atoms with Gasteiger partial charge in [0, 0.05) is 19.3 Å². The molecule has 0 saturated heterocycles.